The van der Waals surface area contributed by atoms with E-state index >= 15 is 0 Å². The first-order chi connectivity index (χ1) is 15.3. The van der Waals surface area contributed by atoms with Gasteiger partial charge in [-0.25, -0.2) is 9.78 Å². The number of carbonyl (C=O) groups excluding carboxylic acids is 2. The molecule has 4 nitrogen and oxygen atoms in total. The van der Waals surface area contributed by atoms with Crippen LogP contribution < -0.4 is 0 Å². The van der Waals surface area contributed by atoms with Gasteiger partial charge in [0.15, 0.2) is 12.4 Å². The number of ketones is 1. The van der Waals surface area contributed by atoms with E-state index in [1.165, 1.54) is 18.2 Å². The molecule has 1 heterocycles. The molecular formula is C24H13Cl4NO3. The molecule has 4 rings (SSSR count). The molecule has 0 spiro atoms. The Morgan fingerprint density at radius 1 is 0.781 bits per heavy atom. The summed E-state index contributed by atoms with van der Waals surface area (Å²) in [6, 6.07) is 18.3. The van der Waals surface area contributed by atoms with Crippen molar-refractivity contribution in [3.8, 4) is 11.3 Å². The number of hydrogen-bond acceptors (Lipinski definition) is 4. The fourth-order valence-corrected chi connectivity index (χ4v) is 3.71. The number of para-hydroxylation sites is 1. The molecule has 0 aliphatic carbocycles. The van der Waals surface area contributed by atoms with Crippen molar-refractivity contribution < 1.29 is 14.3 Å². The number of halogens is 4. The SMILES string of the molecule is O=C(COC(=O)c1cc(-c2ccc(Cl)c(Cl)c2)nc2ccccc12)c1ccc(Cl)c(Cl)c1. The molecule has 32 heavy (non-hydrogen) atoms. The first-order valence-electron chi connectivity index (χ1n) is 9.34. The zero-order valence-corrected chi connectivity index (χ0v) is 19.3. The van der Waals surface area contributed by atoms with E-state index in [2.05, 4.69) is 4.98 Å². The number of benzene rings is 3. The Morgan fingerprint density at radius 2 is 1.47 bits per heavy atom. The number of pyridine rings is 1. The predicted molar refractivity (Wildman–Crippen MR) is 128 cm³/mol. The van der Waals surface area contributed by atoms with Crippen LogP contribution in [0.25, 0.3) is 22.2 Å². The summed E-state index contributed by atoms with van der Waals surface area (Å²) in [6.45, 7) is -0.449. The monoisotopic (exact) mass is 503 g/mol. The van der Waals surface area contributed by atoms with Gasteiger partial charge in [-0.15, -0.1) is 0 Å². The molecule has 0 aliphatic rings. The van der Waals surface area contributed by atoms with Gasteiger partial charge in [0.05, 0.1) is 36.9 Å². The molecule has 0 bridgehead atoms. The average Bonchev–Trinajstić information content (AvgIpc) is 2.80. The van der Waals surface area contributed by atoms with Crippen LogP contribution in [0.1, 0.15) is 20.7 Å². The van der Waals surface area contributed by atoms with E-state index in [9.17, 15) is 9.59 Å². The summed E-state index contributed by atoms with van der Waals surface area (Å²) in [4.78, 5) is 30.0. The van der Waals surface area contributed by atoms with E-state index in [4.69, 9.17) is 51.1 Å². The highest BCUT2D eigenvalue weighted by Gasteiger charge is 2.18. The van der Waals surface area contributed by atoms with Crippen LogP contribution in [0.2, 0.25) is 20.1 Å². The van der Waals surface area contributed by atoms with Gasteiger partial charge in [-0.05, 0) is 42.5 Å². The van der Waals surface area contributed by atoms with Gasteiger partial charge in [-0.2, -0.15) is 0 Å². The first-order valence-corrected chi connectivity index (χ1v) is 10.9. The number of rotatable bonds is 5. The number of hydrogen-bond donors (Lipinski definition) is 0. The predicted octanol–water partition coefficient (Wildman–Crippen LogP) is 7.56. The normalized spacial score (nSPS) is 10.9. The van der Waals surface area contributed by atoms with E-state index in [0.717, 1.165) is 0 Å². The Hall–Kier alpha value is -2.63. The minimum atomic E-state index is -0.654. The van der Waals surface area contributed by atoms with Crippen LogP contribution in [0.4, 0.5) is 0 Å². The van der Waals surface area contributed by atoms with Crippen LogP contribution >= 0.6 is 46.4 Å². The maximum absolute atomic E-state index is 12.9. The Bertz CT molecular complexity index is 1370. The molecule has 0 aliphatic heterocycles. The largest absolute Gasteiger partial charge is 0.454 e. The Labute approximate surface area is 203 Å². The van der Waals surface area contributed by atoms with Gasteiger partial charge in [0.1, 0.15) is 0 Å². The summed E-state index contributed by atoms with van der Waals surface area (Å²) in [7, 11) is 0. The lowest BCUT2D eigenvalue weighted by Gasteiger charge is -2.11. The van der Waals surface area contributed by atoms with Gasteiger partial charge in [-0.3, -0.25) is 4.79 Å². The summed E-state index contributed by atoms with van der Waals surface area (Å²) in [5.41, 5.74) is 2.37. The van der Waals surface area contributed by atoms with Crippen LogP contribution in [0.3, 0.4) is 0 Å². The molecular weight excluding hydrogens is 492 g/mol. The third-order valence-electron chi connectivity index (χ3n) is 4.73. The van der Waals surface area contributed by atoms with Crippen LogP contribution in [-0.4, -0.2) is 23.3 Å². The second-order valence-corrected chi connectivity index (χ2v) is 8.46. The quantitative estimate of drug-likeness (QED) is 0.208. The van der Waals surface area contributed by atoms with Crippen LogP contribution in [-0.2, 0) is 4.74 Å². The smallest absolute Gasteiger partial charge is 0.339 e. The van der Waals surface area contributed by atoms with Crippen molar-refractivity contribution in [3.63, 3.8) is 0 Å². The molecule has 0 saturated heterocycles. The molecule has 1 aromatic heterocycles. The van der Waals surface area contributed by atoms with Gasteiger partial charge in [-0.1, -0.05) is 70.7 Å². The maximum Gasteiger partial charge on any atom is 0.339 e. The summed E-state index contributed by atoms with van der Waals surface area (Å²) in [6.07, 6.45) is 0. The lowest BCUT2D eigenvalue weighted by Crippen LogP contribution is -2.15. The number of nitrogens with zero attached hydrogens (tertiary/aromatic N) is 1. The standard InChI is InChI=1S/C24H13Cl4NO3/c25-17-7-5-13(9-19(17)27)22-11-16(15-3-1-2-4-21(15)29-22)24(31)32-12-23(30)14-6-8-18(26)20(28)10-14/h1-11H,12H2. The molecule has 4 aromatic rings. The number of aromatic nitrogens is 1. The molecule has 0 N–H and O–H groups in total. The van der Waals surface area contributed by atoms with Crippen LogP contribution in [0, 0.1) is 0 Å². The van der Waals surface area contributed by atoms with Gasteiger partial charge in [0.25, 0.3) is 0 Å². The zero-order chi connectivity index (χ0) is 22.8. The van der Waals surface area contributed by atoms with E-state index in [1.807, 2.05) is 6.07 Å². The van der Waals surface area contributed by atoms with E-state index < -0.39 is 18.4 Å². The molecule has 0 unspecified atom stereocenters. The van der Waals surface area contributed by atoms with Crippen LogP contribution in [0.15, 0.2) is 66.7 Å². The van der Waals surface area contributed by atoms with E-state index in [0.29, 0.717) is 42.8 Å². The van der Waals surface area contributed by atoms with Crippen molar-refractivity contribution in [1.29, 1.82) is 0 Å². The molecule has 0 radical (unpaired) electrons. The second-order valence-electron chi connectivity index (χ2n) is 6.83. The summed E-state index contributed by atoms with van der Waals surface area (Å²) >= 11 is 24.0. The highest BCUT2D eigenvalue weighted by atomic mass is 35.5. The third-order valence-corrected chi connectivity index (χ3v) is 6.21. The van der Waals surface area contributed by atoms with Crippen molar-refractivity contribution in [3.05, 3.63) is 97.9 Å². The summed E-state index contributed by atoms with van der Waals surface area (Å²) in [5, 5.41) is 1.96. The Morgan fingerprint density at radius 3 is 2.19 bits per heavy atom. The van der Waals surface area contributed by atoms with E-state index in [-0.39, 0.29) is 10.6 Å². The van der Waals surface area contributed by atoms with E-state index in [1.54, 1.807) is 42.5 Å². The van der Waals surface area contributed by atoms with Gasteiger partial charge < -0.3 is 4.74 Å². The van der Waals surface area contributed by atoms with Crippen molar-refractivity contribution in [2.24, 2.45) is 0 Å². The molecule has 0 saturated carbocycles. The van der Waals surface area contributed by atoms with Crippen molar-refractivity contribution in [2.75, 3.05) is 6.61 Å². The Kier molecular flexibility index (Phi) is 6.68. The summed E-state index contributed by atoms with van der Waals surface area (Å²) in [5.74, 6) is -1.06. The number of fused-ring (bicyclic) bond motifs is 1. The third kappa shape index (κ3) is 4.74. The van der Waals surface area contributed by atoms with Crippen molar-refractivity contribution in [1.82, 2.24) is 4.98 Å². The van der Waals surface area contributed by atoms with Crippen LogP contribution in [0.5, 0.6) is 0 Å². The minimum absolute atomic E-state index is 0.246. The molecule has 8 heteroatoms. The molecule has 0 fully saturated rings. The highest BCUT2D eigenvalue weighted by molar-refractivity contribution is 6.42. The average molecular weight is 505 g/mol. The zero-order valence-electron chi connectivity index (χ0n) is 16.2. The lowest BCUT2D eigenvalue weighted by atomic mass is 10.0. The Balaban J connectivity index is 1.64. The molecule has 0 atom stereocenters. The molecule has 0 amide bonds. The lowest BCUT2D eigenvalue weighted by molar-refractivity contribution is 0.0476. The number of ether oxygens (including phenoxy) is 1. The topological polar surface area (TPSA) is 56.3 Å². The molecule has 3 aromatic carbocycles. The number of carbonyl (C=O) groups is 2. The van der Waals surface area contributed by atoms with Gasteiger partial charge in [0.2, 0.25) is 0 Å². The second kappa shape index (κ2) is 9.47. The fourth-order valence-electron chi connectivity index (χ4n) is 3.11. The number of Topliss-reactive ketones (excluding diaryl/α,β-unsaturated/α-hetero) is 1. The number of esters is 1. The van der Waals surface area contributed by atoms with Gasteiger partial charge in [0, 0.05) is 16.5 Å². The van der Waals surface area contributed by atoms with Gasteiger partial charge >= 0.3 is 5.97 Å². The van der Waals surface area contributed by atoms with Crippen molar-refractivity contribution in [2.45, 2.75) is 0 Å². The fraction of sp³-hybridized carbons (Fsp3) is 0.0417. The van der Waals surface area contributed by atoms with Crippen molar-refractivity contribution >= 4 is 69.1 Å². The molecule has 160 valence electrons. The maximum atomic E-state index is 12.9. The minimum Gasteiger partial charge on any atom is -0.454 e. The summed E-state index contributed by atoms with van der Waals surface area (Å²) < 4.78 is 5.32. The first kappa shape index (κ1) is 22.6. The highest BCUT2D eigenvalue weighted by Crippen LogP contribution is 2.30.